The van der Waals surface area contributed by atoms with Crippen molar-refractivity contribution >= 4 is 0 Å². The van der Waals surface area contributed by atoms with E-state index in [2.05, 4.69) is 17.1 Å². The summed E-state index contributed by atoms with van der Waals surface area (Å²) in [6.45, 7) is 3.33. The van der Waals surface area contributed by atoms with Gasteiger partial charge in [0.05, 0.1) is 6.54 Å². The zero-order valence-corrected chi connectivity index (χ0v) is 12.8. The van der Waals surface area contributed by atoms with Crippen molar-refractivity contribution in [3.05, 3.63) is 0 Å². The highest BCUT2D eigenvalue weighted by molar-refractivity contribution is 4.94. The number of halogens is 3. The van der Waals surface area contributed by atoms with E-state index in [-0.39, 0.29) is 6.04 Å². The number of nitrogens with zero attached hydrogens (tertiary/aromatic N) is 1. The van der Waals surface area contributed by atoms with Crippen molar-refractivity contribution in [1.82, 2.24) is 10.2 Å². The molecule has 0 amide bonds. The summed E-state index contributed by atoms with van der Waals surface area (Å²) in [5.41, 5.74) is 0. The largest absolute Gasteiger partial charge is 0.401 e. The lowest BCUT2D eigenvalue weighted by Crippen LogP contribution is -2.57. The summed E-state index contributed by atoms with van der Waals surface area (Å²) in [5.74, 6) is 2.16. The van der Waals surface area contributed by atoms with Gasteiger partial charge < -0.3 is 5.32 Å². The van der Waals surface area contributed by atoms with Gasteiger partial charge in [0.1, 0.15) is 0 Å². The van der Waals surface area contributed by atoms with Crippen LogP contribution in [0.15, 0.2) is 0 Å². The first-order valence-corrected chi connectivity index (χ1v) is 8.45. The smallest absolute Gasteiger partial charge is 0.305 e. The van der Waals surface area contributed by atoms with Crippen LogP contribution in [0.1, 0.15) is 45.4 Å². The van der Waals surface area contributed by atoms with Crippen molar-refractivity contribution in [2.24, 2.45) is 17.8 Å². The third kappa shape index (κ3) is 4.35. The van der Waals surface area contributed by atoms with Crippen LogP contribution in [0, 0.1) is 17.8 Å². The lowest BCUT2D eigenvalue weighted by molar-refractivity contribution is -0.128. The summed E-state index contributed by atoms with van der Waals surface area (Å²) in [4.78, 5) is 2.48. The van der Waals surface area contributed by atoms with Crippen LogP contribution in [0.3, 0.4) is 0 Å². The molecule has 3 aliphatic rings. The SMILES string of the molecule is CC1CCC1N1CC(CC2CC2)CC(NCC(F)(F)F)C1. The Hall–Kier alpha value is -0.290. The van der Waals surface area contributed by atoms with Gasteiger partial charge in [-0.2, -0.15) is 13.2 Å². The molecule has 122 valence electrons. The maximum atomic E-state index is 12.4. The summed E-state index contributed by atoms with van der Waals surface area (Å²) in [6.07, 6.45) is 3.20. The third-order valence-corrected chi connectivity index (χ3v) is 5.56. The minimum atomic E-state index is -4.10. The van der Waals surface area contributed by atoms with Crippen LogP contribution in [0.5, 0.6) is 0 Å². The second kappa shape index (κ2) is 6.07. The molecule has 0 aromatic heterocycles. The number of likely N-dealkylation sites (tertiary alicyclic amines) is 1. The molecule has 0 bridgehead atoms. The van der Waals surface area contributed by atoms with Crippen molar-refractivity contribution in [1.29, 1.82) is 0 Å². The zero-order valence-electron chi connectivity index (χ0n) is 12.8. The lowest BCUT2D eigenvalue weighted by atomic mass is 9.77. The monoisotopic (exact) mass is 304 g/mol. The van der Waals surface area contributed by atoms with Gasteiger partial charge in [-0.15, -0.1) is 0 Å². The fraction of sp³-hybridized carbons (Fsp3) is 1.00. The Balaban J connectivity index is 1.56. The lowest BCUT2D eigenvalue weighted by Gasteiger charge is -2.48. The van der Waals surface area contributed by atoms with E-state index in [4.69, 9.17) is 0 Å². The minimum Gasteiger partial charge on any atom is -0.305 e. The van der Waals surface area contributed by atoms with E-state index in [9.17, 15) is 13.2 Å². The topological polar surface area (TPSA) is 15.3 Å². The van der Waals surface area contributed by atoms with Gasteiger partial charge in [-0.05, 0) is 43.4 Å². The van der Waals surface area contributed by atoms with Crippen LogP contribution in [-0.2, 0) is 0 Å². The van der Waals surface area contributed by atoms with Gasteiger partial charge in [-0.1, -0.05) is 19.8 Å². The Morgan fingerprint density at radius 3 is 2.33 bits per heavy atom. The molecular weight excluding hydrogens is 277 g/mol. The van der Waals surface area contributed by atoms with E-state index in [0.29, 0.717) is 17.9 Å². The second-order valence-corrected chi connectivity index (χ2v) is 7.55. The van der Waals surface area contributed by atoms with Crippen molar-refractivity contribution in [3.63, 3.8) is 0 Å². The Labute approximate surface area is 125 Å². The molecule has 4 atom stereocenters. The van der Waals surface area contributed by atoms with Crippen LogP contribution < -0.4 is 5.32 Å². The van der Waals surface area contributed by atoms with Crippen molar-refractivity contribution in [2.45, 2.75) is 63.7 Å². The van der Waals surface area contributed by atoms with Gasteiger partial charge in [-0.25, -0.2) is 0 Å². The summed E-state index contributed by atoms with van der Waals surface area (Å²) in [7, 11) is 0. The molecule has 2 aliphatic carbocycles. The van der Waals surface area contributed by atoms with E-state index in [1.807, 2.05) is 0 Å². The molecule has 4 unspecified atom stereocenters. The standard InChI is InChI=1S/C16H27F3N2/c1-11-2-5-15(11)21-8-13(6-12-3-4-12)7-14(9-21)20-10-16(17,18)19/h11-15,20H,2-10H2,1H3. The van der Waals surface area contributed by atoms with Crippen molar-refractivity contribution < 1.29 is 13.2 Å². The van der Waals surface area contributed by atoms with Gasteiger partial charge in [0.2, 0.25) is 0 Å². The average Bonchev–Trinajstić information content (AvgIpc) is 3.17. The molecule has 1 saturated heterocycles. The number of piperidine rings is 1. The zero-order chi connectivity index (χ0) is 15.0. The van der Waals surface area contributed by atoms with Crippen molar-refractivity contribution in [3.8, 4) is 0 Å². The first kappa shape index (κ1) is 15.6. The normalized spacial score (nSPS) is 38.3. The molecule has 0 spiro atoms. The van der Waals surface area contributed by atoms with E-state index >= 15 is 0 Å². The van der Waals surface area contributed by atoms with E-state index in [1.165, 1.54) is 32.1 Å². The van der Waals surface area contributed by atoms with Crippen LogP contribution in [0.2, 0.25) is 0 Å². The van der Waals surface area contributed by atoms with Crippen LogP contribution in [-0.4, -0.2) is 42.8 Å². The molecule has 5 heteroatoms. The number of nitrogens with one attached hydrogen (secondary N) is 1. The maximum absolute atomic E-state index is 12.4. The molecule has 2 nitrogen and oxygen atoms in total. The highest BCUT2D eigenvalue weighted by Gasteiger charge is 2.39. The molecule has 3 rings (SSSR count). The fourth-order valence-corrected chi connectivity index (χ4v) is 4.11. The molecule has 0 aromatic carbocycles. The fourth-order valence-electron chi connectivity index (χ4n) is 4.11. The summed E-state index contributed by atoms with van der Waals surface area (Å²) in [6, 6.07) is 0.624. The third-order valence-electron chi connectivity index (χ3n) is 5.56. The van der Waals surface area contributed by atoms with Gasteiger partial charge in [0.15, 0.2) is 0 Å². The molecule has 1 aliphatic heterocycles. The first-order valence-electron chi connectivity index (χ1n) is 8.45. The minimum absolute atomic E-state index is 0.0110. The van der Waals surface area contributed by atoms with Crippen LogP contribution in [0.25, 0.3) is 0 Å². The van der Waals surface area contributed by atoms with Crippen molar-refractivity contribution in [2.75, 3.05) is 19.6 Å². The predicted octanol–water partition coefficient (Wildman–Crippen LogP) is 3.43. The van der Waals surface area contributed by atoms with E-state index < -0.39 is 12.7 Å². The highest BCUT2D eigenvalue weighted by atomic mass is 19.4. The molecule has 1 N–H and O–H groups in total. The molecule has 1 heterocycles. The quantitative estimate of drug-likeness (QED) is 0.837. The predicted molar refractivity (Wildman–Crippen MR) is 77.1 cm³/mol. The van der Waals surface area contributed by atoms with Gasteiger partial charge in [0.25, 0.3) is 0 Å². The van der Waals surface area contributed by atoms with Crippen LogP contribution >= 0.6 is 0 Å². The van der Waals surface area contributed by atoms with Crippen LogP contribution in [0.4, 0.5) is 13.2 Å². The maximum Gasteiger partial charge on any atom is 0.401 e. The summed E-state index contributed by atoms with van der Waals surface area (Å²) < 4.78 is 37.3. The summed E-state index contributed by atoms with van der Waals surface area (Å²) in [5, 5.41) is 2.77. The number of alkyl halides is 3. The average molecular weight is 304 g/mol. The molecule has 3 fully saturated rings. The first-order chi connectivity index (χ1) is 9.90. The second-order valence-electron chi connectivity index (χ2n) is 7.55. The molecule has 0 radical (unpaired) electrons. The van der Waals surface area contributed by atoms with Gasteiger partial charge in [0, 0.05) is 25.2 Å². The molecular formula is C16H27F3N2. The van der Waals surface area contributed by atoms with E-state index in [0.717, 1.165) is 25.4 Å². The number of rotatable bonds is 5. The van der Waals surface area contributed by atoms with Gasteiger partial charge >= 0.3 is 6.18 Å². The Kier molecular flexibility index (Phi) is 4.51. The molecule has 2 saturated carbocycles. The Morgan fingerprint density at radius 2 is 1.81 bits per heavy atom. The number of hydrogen-bond acceptors (Lipinski definition) is 2. The number of hydrogen-bond donors (Lipinski definition) is 1. The molecule has 21 heavy (non-hydrogen) atoms. The Morgan fingerprint density at radius 1 is 1.05 bits per heavy atom. The van der Waals surface area contributed by atoms with E-state index in [1.54, 1.807) is 0 Å². The Bertz CT molecular complexity index is 354. The summed E-state index contributed by atoms with van der Waals surface area (Å²) >= 11 is 0. The molecule has 0 aromatic rings. The van der Waals surface area contributed by atoms with Gasteiger partial charge in [-0.3, -0.25) is 4.90 Å². The highest BCUT2D eigenvalue weighted by Crippen LogP contribution is 2.40.